The van der Waals surface area contributed by atoms with Gasteiger partial charge in [-0.05, 0) is 12.8 Å². The summed E-state index contributed by atoms with van der Waals surface area (Å²) in [6.45, 7) is 1.33. The Kier molecular flexibility index (Phi) is 4.78. The molecule has 1 amide bonds. The summed E-state index contributed by atoms with van der Waals surface area (Å²) in [5.41, 5.74) is 6.10. The molecule has 1 aromatic rings. The standard InChI is InChI=1S/C10H18N4O2/c1-14-9(11)8(7-13-14)10(15)12-5-3-4-6-16-2/h7H,3-6,11H2,1-2H3,(H,12,15). The number of carbonyl (C=O) groups excluding carboxylic acids is 1. The number of hydrogen-bond donors (Lipinski definition) is 2. The Balaban J connectivity index is 2.33. The van der Waals surface area contributed by atoms with E-state index in [2.05, 4.69) is 10.4 Å². The van der Waals surface area contributed by atoms with Crippen LogP contribution >= 0.6 is 0 Å². The first-order valence-corrected chi connectivity index (χ1v) is 5.21. The molecule has 1 aromatic heterocycles. The average molecular weight is 226 g/mol. The molecular weight excluding hydrogens is 208 g/mol. The number of anilines is 1. The first kappa shape index (κ1) is 12.5. The van der Waals surface area contributed by atoms with E-state index in [0.29, 0.717) is 24.5 Å². The van der Waals surface area contributed by atoms with Gasteiger partial charge in [0.15, 0.2) is 0 Å². The molecule has 0 spiro atoms. The molecule has 0 radical (unpaired) electrons. The highest BCUT2D eigenvalue weighted by Crippen LogP contribution is 2.08. The van der Waals surface area contributed by atoms with Crippen molar-refractivity contribution >= 4 is 11.7 Å². The summed E-state index contributed by atoms with van der Waals surface area (Å²) in [7, 11) is 3.36. The van der Waals surface area contributed by atoms with Crippen LogP contribution in [-0.2, 0) is 11.8 Å². The Morgan fingerprint density at radius 1 is 1.62 bits per heavy atom. The zero-order chi connectivity index (χ0) is 12.0. The van der Waals surface area contributed by atoms with Gasteiger partial charge >= 0.3 is 0 Å². The van der Waals surface area contributed by atoms with Crippen molar-refractivity contribution in [3.05, 3.63) is 11.8 Å². The Labute approximate surface area is 94.8 Å². The molecule has 0 saturated carbocycles. The van der Waals surface area contributed by atoms with Crippen LogP contribution in [0.1, 0.15) is 23.2 Å². The zero-order valence-corrected chi connectivity index (χ0v) is 9.69. The van der Waals surface area contributed by atoms with Gasteiger partial charge < -0.3 is 15.8 Å². The number of nitrogens with two attached hydrogens (primary N) is 1. The number of rotatable bonds is 6. The maximum Gasteiger partial charge on any atom is 0.256 e. The predicted molar refractivity (Wildman–Crippen MR) is 61.1 cm³/mol. The Morgan fingerprint density at radius 3 is 2.94 bits per heavy atom. The van der Waals surface area contributed by atoms with Gasteiger partial charge in [-0.2, -0.15) is 5.10 Å². The van der Waals surface area contributed by atoms with Gasteiger partial charge in [0, 0.05) is 27.3 Å². The summed E-state index contributed by atoms with van der Waals surface area (Å²) in [6.07, 6.45) is 3.29. The number of unbranched alkanes of at least 4 members (excludes halogenated alkanes) is 1. The quantitative estimate of drug-likeness (QED) is 0.677. The molecule has 0 aromatic carbocycles. The predicted octanol–water partition coefficient (Wildman–Crippen LogP) is 0.159. The second-order valence-electron chi connectivity index (χ2n) is 3.52. The summed E-state index contributed by atoms with van der Waals surface area (Å²) in [6, 6.07) is 0. The third kappa shape index (κ3) is 3.23. The molecule has 90 valence electrons. The highest BCUT2D eigenvalue weighted by atomic mass is 16.5. The number of carbonyl (C=O) groups is 1. The Bertz CT molecular complexity index is 349. The maximum atomic E-state index is 11.6. The lowest BCUT2D eigenvalue weighted by Gasteiger charge is -2.04. The van der Waals surface area contributed by atoms with Gasteiger partial charge in [0.05, 0.1) is 6.20 Å². The lowest BCUT2D eigenvalue weighted by atomic mass is 10.3. The fourth-order valence-corrected chi connectivity index (χ4v) is 1.29. The molecule has 0 aliphatic heterocycles. The summed E-state index contributed by atoms with van der Waals surface area (Å²) in [5, 5.41) is 6.69. The van der Waals surface area contributed by atoms with Crippen LogP contribution < -0.4 is 11.1 Å². The number of nitrogens with zero attached hydrogens (tertiary/aromatic N) is 2. The van der Waals surface area contributed by atoms with Gasteiger partial charge in [-0.1, -0.05) is 0 Å². The van der Waals surface area contributed by atoms with Crippen LogP contribution in [0, 0.1) is 0 Å². The van der Waals surface area contributed by atoms with E-state index in [1.54, 1.807) is 14.2 Å². The second kappa shape index (κ2) is 6.12. The van der Waals surface area contributed by atoms with E-state index < -0.39 is 0 Å². The smallest absolute Gasteiger partial charge is 0.256 e. The molecule has 0 bridgehead atoms. The van der Waals surface area contributed by atoms with Gasteiger partial charge in [0.1, 0.15) is 11.4 Å². The van der Waals surface area contributed by atoms with E-state index >= 15 is 0 Å². The summed E-state index contributed by atoms with van der Waals surface area (Å²) in [4.78, 5) is 11.6. The first-order chi connectivity index (χ1) is 7.66. The monoisotopic (exact) mass is 226 g/mol. The van der Waals surface area contributed by atoms with Gasteiger partial charge in [-0.15, -0.1) is 0 Å². The molecule has 6 heteroatoms. The fourth-order valence-electron chi connectivity index (χ4n) is 1.29. The van der Waals surface area contributed by atoms with Crippen molar-refractivity contribution in [3.8, 4) is 0 Å². The van der Waals surface area contributed by atoms with Crippen molar-refractivity contribution in [3.63, 3.8) is 0 Å². The van der Waals surface area contributed by atoms with Gasteiger partial charge in [0.25, 0.3) is 5.91 Å². The maximum absolute atomic E-state index is 11.6. The van der Waals surface area contributed by atoms with Crippen molar-refractivity contribution in [1.29, 1.82) is 0 Å². The van der Waals surface area contributed by atoms with Crippen molar-refractivity contribution in [2.45, 2.75) is 12.8 Å². The van der Waals surface area contributed by atoms with Crippen LogP contribution in [0.25, 0.3) is 0 Å². The molecule has 0 fully saturated rings. The Morgan fingerprint density at radius 2 is 2.38 bits per heavy atom. The summed E-state index contributed by atoms with van der Waals surface area (Å²) >= 11 is 0. The van der Waals surface area contributed by atoms with E-state index in [1.165, 1.54) is 10.9 Å². The van der Waals surface area contributed by atoms with E-state index in [0.717, 1.165) is 12.8 Å². The van der Waals surface area contributed by atoms with E-state index in [1.807, 2.05) is 0 Å². The van der Waals surface area contributed by atoms with Gasteiger partial charge in [-0.3, -0.25) is 9.48 Å². The zero-order valence-electron chi connectivity index (χ0n) is 9.69. The number of aryl methyl sites for hydroxylation is 1. The molecule has 3 N–H and O–H groups in total. The third-order valence-corrected chi connectivity index (χ3v) is 2.29. The molecule has 1 rings (SSSR count). The third-order valence-electron chi connectivity index (χ3n) is 2.29. The molecule has 1 heterocycles. The molecule has 0 aliphatic carbocycles. The number of amides is 1. The number of ether oxygens (including phenoxy) is 1. The minimum Gasteiger partial charge on any atom is -0.385 e. The van der Waals surface area contributed by atoms with Gasteiger partial charge in [0.2, 0.25) is 0 Å². The molecule has 16 heavy (non-hydrogen) atoms. The van der Waals surface area contributed by atoms with Gasteiger partial charge in [-0.25, -0.2) is 0 Å². The average Bonchev–Trinajstić information content (AvgIpc) is 2.59. The SMILES string of the molecule is COCCCCNC(=O)c1cnn(C)c1N. The van der Waals surface area contributed by atoms with Crippen molar-refractivity contribution in [2.24, 2.45) is 7.05 Å². The lowest BCUT2D eigenvalue weighted by Crippen LogP contribution is -2.25. The second-order valence-corrected chi connectivity index (χ2v) is 3.52. The molecule has 0 unspecified atom stereocenters. The number of nitrogen functional groups attached to an aromatic ring is 1. The van der Waals surface area contributed by atoms with E-state index in [-0.39, 0.29) is 5.91 Å². The largest absolute Gasteiger partial charge is 0.385 e. The Hall–Kier alpha value is -1.56. The topological polar surface area (TPSA) is 82.2 Å². The van der Waals surface area contributed by atoms with Crippen LogP contribution in [0.5, 0.6) is 0 Å². The molecule has 6 nitrogen and oxygen atoms in total. The fraction of sp³-hybridized carbons (Fsp3) is 0.600. The van der Waals surface area contributed by atoms with E-state index in [4.69, 9.17) is 10.5 Å². The van der Waals surface area contributed by atoms with Crippen molar-refractivity contribution in [1.82, 2.24) is 15.1 Å². The van der Waals surface area contributed by atoms with E-state index in [9.17, 15) is 4.79 Å². The normalized spacial score (nSPS) is 10.4. The van der Waals surface area contributed by atoms with Crippen LogP contribution in [0.4, 0.5) is 5.82 Å². The summed E-state index contributed by atoms with van der Waals surface area (Å²) < 4.78 is 6.38. The number of nitrogens with one attached hydrogen (secondary N) is 1. The highest BCUT2D eigenvalue weighted by molar-refractivity contribution is 5.98. The molecule has 0 atom stereocenters. The molecule has 0 saturated heterocycles. The highest BCUT2D eigenvalue weighted by Gasteiger charge is 2.12. The number of methoxy groups -OCH3 is 1. The molecule has 0 aliphatic rings. The van der Waals surface area contributed by atoms with Crippen LogP contribution in [0.3, 0.4) is 0 Å². The molecular formula is C10H18N4O2. The summed E-state index contributed by atoms with van der Waals surface area (Å²) in [5.74, 6) is 0.206. The van der Waals surface area contributed by atoms with Crippen molar-refractivity contribution in [2.75, 3.05) is 26.0 Å². The number of aromatic nitrogens is 2. The minimum atomic E-state index is -0.178. The van der Waals surface area contributed by atoms with Crippen LogP contribution in [0.15, 0.2) is 6.20 Å². The lowest BCUT2D eigenvalue weighted by molar-refractivity contribution is 0.0952. The minimum absolute atomic E-state index is 0.178. The van der Waals surface area contributed by atoms with Crippen LogP contribution in [0.2, 0.25) is 0 Å². The van der Waals surface area contributed by atoms with Crippen LogP contribution in [-0.4, -0.2) is 35.9 Å². The number of hydrogen-bond acceptors (Lipinski definition) is 4. The van der Waals surface area contributed by atoms with Crippen molar-refractivity contribution < 1.29 is 9.53 Å². The first-order valence-electron chi connectivity index (χ1n) is 5.21.